The third-order valence-corrected chi connectivity index (χ3v) is 6.70. The lowest BCUT2D eigenvalue weighted by Crippen LogP contribution is -2.23. The molecule has 0 fully saturated rings. The molecule has 0 saturated heterocycles. The average molecular weight is 490 g/mol. The molecule has 0 aliphatic carbocycles. The zero-order valence-electron chi connectivity index (χ0n) is 17.6. The quantitative estimate of drug-likeness (QED) is 0.284. The number of hydrogen-bond donors (Lipinski definition) is 1. The minimum absolute atomic E-state index is 0.0754. The molecule has 33 heavy (non-hydrogen) atoms. The van der Waals surface area contributed by atoms with Gasteiger partial charge in [-0.05, 0) is 61.2 Å². The Bertz CT molecular complexity index is 1390. The summed E-state index contributed by atoms with van der Waals surface area (Å²) in [6.07, 6.45) is -4.44. The van der Waals surface area contributed by atoms with Crippen LogP contribution in [-0.2, 0) is 11.0 Å². The maximum atomic E-state index is 13.2. The molecule has 0 spiro atoms. The Hall–Kier alpha value is -3.11. The van der Waals surface area contributed by atoms with E-state index in [2.05, 4.69) is 10.3 Å². The zero-order valence-corrected chi connectivity index (χ0v) is 19.2. The highest BCUT2D eigenvalue weighted by Crippen LogP contribution is 2.30. The van der Waals surface area contributed by atoms with Gasteiger partial charge < -0.3 is 5.32 Å². The smallest absolute Gasteiger partial charge is 0.325 e. The van der Waals surface area contributed by atoms with Crippen LogP contribution >= 0.6 is 23.1 Å². The number of amides is 1. The van der Waals surface area contributed by atoms with Crippen molar-refractivity contribution in [1.82, 2.24) is 9.55 Å². The maximum absolute atomic E-state index is 13.2. The Kier molecular flexibility index (Phi) is 6.31. The molecule has 2 aromatic carbocycles. The van der Waals surface area contributed by atoms with Crippen LogP contribution < -0.4 is 10.9 Å². The topological polar surface area (TPSA) is 64.0 Å². The van der Waals surface area contributed by atoms with E-state index in [1.807, 2.05) is 32.0 Å². The first-order valence-electron chi connectivity index (χ1n) is 9.81. The highest BCUT2D eigenvalue weighted by Gasteiger charge is 2.30. The molecule has 2 aromatic heterocycles. The number of hydrogen-bond acceptors (Lipinski definition) is 5. The van der Waals surface area contributed by atoms with Crippen molar-refractivity contribution >= 4 is 44.9 Å². The van der Waals surface area contributed by atoms with E-state index in [0.717, 1.165) is 35.0 Å². The first-order chi connectivity index (χ1) is 15.6. The number of aryl methyl sites for hydroxylation is 2. The van der Waals surface area contributed by atoms with Gasteiger partial charge in [0.15, 0.2) is 5.16 Å². The number of carbonyl (C=O) groups is 1. The lowest BCUT2D eigenvalue weighted by molar-refractivity contribution is -0.137. The molecule has 0 radical (unpaired) electrons. The van der Waals surface area contributed by atoms with Crippen molar-refractivity contribution in [1.29, 1.82) is 0 Å². The number of benzene rings is 2. The van der Waals surface area contributed by atoms with Crippen molar-refractivity contribution in [2.45, 2.75) is 25.2 Å². The minimum Gasteiger partial charge on any atom is -0.325 e. The molecule has 10 heteroatoms. The molecule has 0 saturated carbocycles. The van der Waals surface area contributed by atoms with Crippen LogP contribution in [0.15, 0.2) is 63.9 Å². The number of fused-ring (bicyclic) bond motifs is 1. The van der Waals surface area contributed by atoms with Crippen molar-refractivity contribution in [3.63, 3.8) is 0 Å². The maximum Gasteiger partial charge on any atom is 0.416 e. The van der Waals surface area contributed by atoms with Crippen molar-refractivity contribution < 1.29 is 18.0 Å². The fourth-order valence-corrected chi connectivity index (χ4v) is 4.89. The summed E-state index contributed by atoms with van der Waals surface area (Å²) in [5.74, 6) is -0.500. The van der Waals surface area contributed by atoms with Crippen LogP contribution in [0.1, 0.15) is 16.7 Å². The monoisotopic (exact) mass is 489 g/mol. The van der Waals surface area contributed by atoms with Crippen LogP contribution in [0.3, 0.4) is 0 Å². The number of alkyl halides is 3. The predicted molar refractivity (Wildman–Crippen MR) is 125 cm³/mol. The number of anilines is 1. The second-order valence-corrected chi connectivity index (χ2v) is 9.23. The van der Waals surface area contributed by atoms with Gasteiger partial charge in [0.25, 0.3) is 5.56 Å². The van der Waals surface area contributed by atoms with Gasteiger partial charge in [0, 0.05) is 5.69 Å². The Labute approximate surface area is 195 Å². The predicted octanol–water partition coefficient (Wildman–Crippen LogP) is 5.81. The van der Waals surface area contributed by atoms with Crippen molar-refractivity contribution in [3.8, 4) is 5.69 Å². The molecule has 4 aromatic rings. The normalized spacial score (nSPS) is 11.7. The molecular weight excluding hydrogens is 471 g/mol. The van der Waals surface area contributed by atoms with Gasteiger partial charge in [-0.25, -0.2) is 4.98 Å². The summed E-state index contributed by atoms with van der Waals surface area (Å²) in [7, 11) is 0. The summed E-state index contributed by atoms with van der Waals surface area (Å²) < 4.78 is 40.2. The number of halogens is 3. The van der Waals surface area contributed by atoms with Gasteiger partial charge >= 0.3 is 6.18 Å². The molecule has 2 heterocycles. The Balaban J connectivity index is 1.59. The van der Waals surface area contributed by atoms with Gasteiger partial charge in [-0.2, -0.15) is 13.2 Å². The molecule has 4 rings (SSSR count). The SMILES string of the molecule is Cc1ccc(-n2c(SCC(=O)Nc3ccc(C(F)(F)F)cc3)nc3ccsc3c2=O)c(C)c1. The van der Waals surface area contributed by atoms with Gasteiger partial charge in [0.05, 0.1) is 22.5 Å². The number of thioether (sulfide) groups is 1. The van der Waals surface area contributed by atoms with Crippen LogP contribution in [0.4, 0.5) is 18.9 Å². The van der Waals surface area contributed by atoms with E-state index in [0.29, 0.717) is 21.1 Å². The van der Waals surface area contributed by atoms with E-state index in [-0.39, 0.29) is 17.0 Å². The molecular formula is C23H18F3N3O2S2. The summed E-state index contributed by atoms with van der Waals surface area (Å²) in [6, 6.07) is 11.7. The molecule has 170 valence electrons. The number of rotatable bonds is 5. The van der Waals surface area contributed by atoms with E-state index in [1.165, 1.54) is 28.0 Å². The summed E-state index contributed by atoms with van der Waals surface area (Å²) >= 11 is 2.39. The average Bonchev–Trinajstić information content (AvgIpc) is 3.22. The third kappa shape index (κ3) is 4.96. The Morgan fingerprint density at radius 1 is 1.12 bits per heavy atom. The number of aromatic nitrogens is 2. The first kappa shape index (κ1) is 23.1. The van der Waals surface area contributed by atoms with Crippen molar-refractivity contribution in [2.24, 2.45) is 0 Å². The molecule has 1 amide bonds. The number of carbonyl (C=O) groups excluding carboxylic acids is 1. The lowest BCUT2D eigenvalue weighted by Gasteiger charge is -2.15. The van der Waals surface area contributed by atoms with Gasteiger partial charge in [-0.15, -0.1) is 11.3 Å². The van der Waals surface area contributed by atoms with Crippen LogP contribution in [0.2, 0.25) is 0 Å². The summed E-state index contributed by atoms with van der Waals surface area (Å²) in [4.78, 5) is 30.3. The molecule has 0 aliphatic heterocycles. The molecule has 1 N–H and O–H groups in total. The summed E-state index contributed by atoms with van der Waals surface area (Å²) in [5, 5.41) is 4.73. The third-order valence-electron chi connectivity index (χ3n) is 4.87. The summed E-state index contributed by atoms with van der Waals surface area (Å²) in [6.45, 7) is 3.86. The standard InChI is InChI=1S/C23H18F3N3O2S2/c1-13-3-8-18(14(2)11-13)29-21(31)20-17(9-10-32-20)28-22(29)33-12-19(30)27-16-6-4-15(5-7-16)23(24,25)26/h3-11H,12H2,1-2H3,(H,27,30). The van der Waals surface area contributed by atoms with Crippen LogP contribution in [0.5, 0.6) is 0 Å². The summed E-state index contributed by atoms with van der Waals surface area (Å²) in [5.41, 5.74) is 2.43. The second-order valence-electron chi connectivity index (χ2n) is 7.37. The second kappa shape index (κ2) is 9.03. The fraction of sp³-hybridized carbons (Fsp3) is 0.174. The number of nitrogens with one attached hydrogen (secondary N) is 1. The molecule has 0 unspecified atom stereocenters. The van der Waals surface area contributed by atoms with E-state index < -0.39 is 17.6 Å². The molecule has 0 atom stereocenters. The molecule has 0 aliphatic rings. The Morgan fingerprint density at radius 2 is 1.85 bits per heavy atom. The van der Waals surface area contributed by atoms with Crippen LogP contribution in [0, 0.1) is 13.8 Å². The van der Waals surface area contributed by atoms with Gasteiger partial charge in [-0.3, -0.25) is 14.2 Å². The van der Waals surface area contributed by atoms with Gasteiger partial charge in [0.2, 0.25) is 5.91 Å². The lowest BCUT2D eigenvalue weighted by atomic mass is 10.1. The minimum atomic E-state index is -4.44. The number of thiophene rings is 1. The fourth-order valence-electron chi connectivity index (χ4n) is 3.33. The van der Waals surface area contributed by atoms with E-state index in [9.17, 15) is 22.8 Å². The largest absolute Gasteiger partial charge is 0.416 e. The first-order valence-corrected chi connectivity index (χ1v) is 11.7. The highest BCUT2D eigenvalue weighted by atomic mass is 32.2. The zero-order chi connectivity index (χ0) is 23.8. The number of nitrogens with zero attached hydrogens (tertiary/aromatic N) is 2. The van der Waals surface area contributed by atoms with Gasteiger partial charge in [-0.1, -0.05) is 29.5 Å². The van der Waals surface area contributed by atoms with E-state index in [4.69, 9.17) is 0 Å². The van der Waals surface area contributed by atoms with Crippen molar-refractivity contribution in [2.75, 3.05) is 11.1 Å². The highest BCUT2D eigenvalue weighted by molar-refractivity contribution is 7.99. The molecule has 5 nitrogen and oxygen atoms in total. The van der Waals surface area contributed by atoms with E-state index in [1.54, 1.807) is 11.4 Å². The van der Waals surface area contributed by atoms with Crippen LogP contribution in [0.25, 0.3) is 15.9 Å². The van der Waals surface area contributed by atoms with Gasteiger partial charge in [0.1, 0.15) is 4.70 Å². The van der Waals surface area contributed by atoms with E-state index >= 15 is 0 Å². The Morgan fingerprint density at radius 3 is 2.52 bits per heavy atom. The molecule has 0 bridgehead atoms. The van der Waals surface area contributed by atoms with Crippen molar-refractivity contribution in [3.05, 3.63) is 81.0 Å². The van der Waals surface area contributed by atoms with Crippen LogP contribution in [-0.4, -0.2) is 21.2 Å².